The van der Waals surface area contributed by atoms with Crippen LogP contribution in [0.5, 0.6) is 5.75 Å². The fraction of sp³-hybridized carbons (Fsp3) is 0.344. The Hall–Kier alpha value is -2.93. The third kappa shape index (κ3) is 7.10. The van der Waals surface area contributed by atoms with Crippen molar-refractivity contribution in [2.75, 3.05) is 24.6 Å². The van der Waals surface area contributed by atoms with Gasteiger partial charge in [0.2, 0.25) is 0 Å². The zero-order chi connectivity index (χ0) is 26.2. The summed E-state index contributed by atoms with van der Waals surface area (Å²) in [5.41, 5.74) is 5.98. The summed E-state index contributed by atoms with van der Waals surface area (Å²) in [4.78, 5) is 2.31. The third-order valence-corrected chi connectivity index (χ3v) is 7.98. The molecule has 0 bridgehead atoms. The zero-order valence-electron chi connectivity index (χ0n) is 21.6. The van der Waals surface area contributed by atoms with E-state index in [1.807, 2.05) is 12.1 Å². The number of nitrogens with zero attached hydrogens (tertiary/aromatic N) is 2. The fourth-order valence-electron chi connectivity index (χ4n) is 5.03. The third-order valence-electron chi connectivity index (χ3n) is 7.24. The fourth-order valence-corrected chi connectivity index (χ4v) is 5.33. The normalized spacial score (nSPS) is 14.3. The predicted octanol–water partition coefficient (Wildman–Crippen LogP) is 9.32. The first-order chi connectivity index (χ1) is 18.0. The molecular weight excluding hydrogens is 499 g/mol. The van der Waals surface area contributed by atoms with Crippen LogP contribution in [-0.2, 0) is 0 Å². The van der Waals surface area contributed by atoms with Gasteiger partial charge in [-0.3, -0.25) is 0 Å². The van der Waals surface area contributed by atoms with Crippen LogP contribution in [0.4, 0.5) is 5.69 Å². The van der Waals surface area contributed by atoms with E-state index < -0.39 is 0 Å². The Morgan fingerprint density at radius 1 is 1.00 bits per heavy atom. The van der Waals surface area contributed by atoms with Crippen molar-refractivity contribution >= 4 is 40.5 Å². The molecule has 1 fully saturated rings. The lowest BCUT2D eigenvalue weighted by molar-refractivity contribution is 0.324. The van der Waals surface area contributed by atoms with Crippen LogP contribution in [0.25, 0.3) is 11.6 Å². The summed E-state index contributed by atoms with van der Waals surface area (Å²) >= 11 is 12.2. The molecule has 1 aliphatic carbocycles. The number of ether oxygens (including phenoxy) is 1. The van der Waals surface area contributed by atoms with E-state index in [2.05, 4.69) is 67.3 Å². The van der Waals surface area contributed by atoms with Gasteiger partial charge in [-0.25, -0.2) is 0 Å². The van der Waals surface area contributed by atoms with Crippen molar-refractivity contribution in [1.29, 1.82) is 5.26 Å². The van der Waals surface area contributed by atoms with Crippen molar-refractivity contribution in [3.8, 4) is 11.8 Å². The molecule has 3 aromatic rings. The molecule has 4 rings (SSSR count). The van der Waals surface area contributed by atoms with Gasteiger partial charge in [-0.15, -0.1) is 0 Å². The van der Waals surface area contributed by atoms with Gasteiger partial charge in [0.15, 0.2) is 0 Å². The number of allylic oxidation sites excluding steroid dienone is 1. The van der Waals surface area contributed by atoms with Crippen LogP contribution in [0.1, 0.15) is 67.2 Å². The molecule has 0 amide bonds. The standard InChI is InChI=1S/C32H34Cl2N2O/c1-3-36(17-18-37-30-14-10-25(11-15-30)24-7-5-4-6-8-24)29-13-9-26(23(2)19-29)20-28(22-35)27-12-16-31(33)32(34)21-27/h9-16,19-21,24H,3-8,17-18H2,1-2H3/b28-20+. The van der Waals surface area contributed by atoms with Crippen molar-refractivity contribution in [2.24, 2.45) is 0 Å². The van der Waals surface area contributed by atoms with Crippen LogP contribution < -0.4 is 9.64 Å². The molecule has 3 nitrogen and oxygen atoms in total. The van der Waals surface area contributed by atoms with Crippen LogP contribution >= 0.6 is 23.2 Å². The van der Waals surface area contributed by atoms with Gasteiger partial charge in [0, 0.05) is 12.2 Å². The number of anilines is 1. The molecule has 0 aliphatic heterocycles. The second-order valence-electron chi connectivity index (χ2n) is 9.67. The Morgan fingerprint density at radius 2 is 1.76 bits per heavy atom. The molecule has 0 radical (unpaired) electrons. The minimum atomic E-state index is 0.438. The van der Waals surface area contributed by atoms with Crippen LogP contribution in [0.2, 0.25) is 10.0 Å². The van der Waals surface area contributed by atoms with Gasteiger partial charge in [0.25, 0.3) is 0 Å². The van der Waals surface area contributed by atoms with E-state index in [-0.39, 0.29) is 0 Å². The maximum Gasteiger partial charge on any atom is 0.119 e. The number of hydrogen-bond acceptors (Lipinski definition) is 3. The highest BCUT2D eigenvalue weighted by molar-refractivity contribution is 6.42. The van der Waals surface area contributed by atoms with E-state index >= 15 is 0 Å². The van der Waals surface area contributed by atoms with E-state index in [0.29, 0.717) is 28.1 Å². The van der Waals surface area contributed by atoms with Gasteiger partial charge in [0.05, 0.1) is 28.2 Å². The Bertz CT molecular complexity index is 1270. The summed E-state index contributed by atoms with van der Waals surface area (Å²) in [5, 5.41) is 10.6. The SMILES string of the molecule is CCN(CCOc1ccc(C2CCCCC2)cc1)c1ccc(/C=C(\C#N)c2ccc(Cl)c(Cl)c2)c(C)c1. The lowest BCUT2D eigenvalue weighted by atomic mass is 9.84. The minimum Gasteiger partial charge on any atom is -0.492 e. The summed E-state index contributed by atoms with van der Waals surface area (Å²) in [6.45, 7) is 6.51. The minimum absolute atomic E-state index is 0.438. The molecule has 0 spiro atoms. The quantitative estimate of drug-likeness (QED) is 0.203. The van der Waals surface area contributed by atoms with Gasteiger partial charge < -0.3 is 9.64 Å². The topological polar surface area (TPSA) is 36.3 Å². The Kier molecular flexibility index (Phi) is 9.56. The van der Waals surface area contributed by atoms with E-state index in [4.69, 9.17) is 27.9 Å². The number of likely N-dealkylation sites (N-methyl/N-ethyl adjacent to an activating group) is 1. The highest BCUT2D eigenvalue weighted by Gasteiger charge is 2.15. The molecule has 0 saturated heterocycles. The van der Waals surface area contributed by atoms with E-state index in [9.17, 15) is 5.26 Å². The number of rotatable bonds is 9. The summed E-state index contributed by atoms with van der Waals surface area (Å²) in [6, 6.07) is 22.6. The van der Waals surface area contributed by atoms with Gasteiger partial charge in [-0.1, -0.05) is 66.7 Å². The number of halogens is 2. The van der Waals surface area contributed by atoms with Crippen LogP contribution in [0, 0.1) is 18.3 Å². The first-order valence-corrected chi connectivity index (χ1v) is 13.9. The summed E-state index contributed by atoms with van der Waals surface area (Å²) < 4.78 is 6.08. The molecule has 1 saturated carbocycles. The van der Waals surface area contributed by atoms with Gasteiger partial charge in [-0.2, -0.15) is 5.26 Å². The monoisotopic (exact) mass is 532 g/mol. The molecule has 0 atom stereocenters. The molecule has 0 N–H and O–H groups in total. The van der Waals surface area contributed by atoms with Gasteiger partial charge >= 0.3 is 0 Å². The lowest BCUT2D eigenvalue weighted by Gasteiger charge is -2.24. The number of hydrogen-bond donors (Lipinski definition) is 0. The maximum absolute atomic E-state index is 9.73. The second-order valence-corrected chi connectivity index (χ2v) is 10.5. The molecule has 37 heavy (non-hydrogen) atoms. The Balaban J connectivity index is 1.38. The first-order valence-electron chi connectivity index (χ1n) is 13.1. The largest absolute Gasteiger partial charge is 0.492 e. The second kappa shape index (κ2) is 13.0. The van der Waals surface area contributed by atoms with Crippen molar-refractivity contribution in [1.82, 2.24) is 0 Å². The Morgan fingerprint density at radius 3 is 2.41 bits per heavy atom. The summed E-state index contributed by atoms with van der Waals surface area (Å²) in [6.07, 6.45) is 8.60. The maximum atomic E-state index is 9.73. The zero-order valence-corrected chi connectivity index (χ0v) is 23.2. The highest BCUT2D eigenvalue weighted by Crippen LogP contribution is 2.33. The molecule has 0 heterocycles. The summed E-state index contributed by atoms with van der Waals surface area (Å²) in [7, 11) is 0. The molecule has 0 unspecified atom stereocenters. The highest BCUT2D eigenvalue weighted by atomic mass is 35.5. The summed E-state index contributed by atoms with van der Waals surface area (Å²) in [5.74, 6) is 1.64. The molecule has 5 heteroatoms. The van der Waals surface area contributed by atoms with Crippen LogP contribution in [-0.4, -0.2) is 19.7 Å². The molecule has 1 aliphatic rings. The van der Waals surface area contributed by atoms with E-state index in [1.165, 1.54) is 37.7 Å². The lowest BCUT2D eigenvalue weighted by Crippen LogP contribution is -2.28. The first kappa shape index (κ1) is 27.1. The van der Waals surface area contributed by atoms with Crippen molar-refractivity contribution in [3.05, 3.63) is 93.0 Å². The average molecular weight is 534 g/mol. The molecular formula is C32H34Cl2N2O. The number of aryl methyl sites for hydroxylation is 1. The molecule has 192 valence electrons. The van der Waals surface area contributed by atoms with E-state index in [1.54, 1.807) is 12.1 Å². The molecule has 3 aromatic carbocycles. The number of benzene rings is 3. The van der Waals surface area contributed by atoms with Gasteiger partial charge in [0.1, 0.15) is 12.4 Å². The predicted molar refractivity (Wildman–Crippen MR) is 157 cm³/mol. The van der Waals surface area contributed by atoms with E-state index in [0.717, 1.165) is 41.2 Å². The number of nitriles is 1. The Labute approximate surface area is 231 Å². The van der Waals surface area contributed by atoms with Crippen molar-refractivity contribution in [3.63, 3.8) is 0 Å². The van der Waals surface area contributed by atoms with Crippen LogP contribution in [0.3, 0.4) is 0 Å². The van der Waals surface area contributed by atoms with Crippen molar-refractivity contribution < 1.29 is 4.74 Å². The molecule has 0 aromatic heterocycles. The van der Waals surface area contributed by atoms with Crippen molar-refractivity contribution in [2.45, 2.75) is 51.9 Å². The smallest absolute Gasteiger partial charge is 0.119 e. The van der Waals surface area contributed by atoms with Crippen LogP contribution in [0.15, 0.2) is 60.7 Å². The average Bonchev–Trinajstić information content (AvgIpc) is 2.93. The van der Waals surface area contributed by atoms with Gasteiger partial charge in [-0.05, 0) is 97.3 Å².